The second kappa shape index (κ2) is 8.62. The van der Waals surface area contributed by atoms with Gasteiger partial charge in [-0.25, -0.2) is 0 Å². The predicted octanol–water partition coefficient (Wildman–Crippen LogP) is 2.61. The molecule has 24 heavy (non-hydrogen) atoms. The van der Waals surface area contributed by atoms with Gasteiger partial charge in [-0.15, -0.1) is 11.3 Å². The van der Waals surface area contributed by atoms with Crippen LogP contribution in [0, 0.1) is 6.92 Å². The van der Waals surface area contributed by atoms with Gasteiger partial charge in [0.25, 0.3) is 0 Å². The molecule has 1 aromatic carbocycles. The lowest BCUT2D eigenvalue weighted by molar-refractivity contribution is 0.0447. The van der Waals surface area contributed by atoms with Gasteiger partial charge in [-0.3, -0.25) is 9.80 Å². The van der Waals surface area contributed by atoms with Gasteiger partial charge in [-0.2, -0.15) is 0 Å². The topological polar surface area (TPSA) is 35.9 Å². The lowest BCUT2D eigenvalue weighted by Crippen LogP contribution is -2.48. The highest BCUT2D eigenvalue weighted by molar-refractivity contribution is 7.09. The minimum absolute atomic E-state index is 0.347. The Morgan fingerprint density at radius 1 is 1.08 bits per heavy atom. The van der Waals surface area contributed by atoms with Crippen LogP contribution in [-0.4, -0.2) is 60.3 Å². The van der Waals surface area contributed by atoms with Gasteiger partial charge >= 0.3 is 0 Å². The molecule has 0 unspecified atom stereocenters. The van der Waals surface area contributed by atoms with Crippen molar-refractivity contribution in [3.63, 3.8) is 0 Å². The van der Waals surface area contributed by atoms with Gasteiger partial charge in [0.15, 0.2) is 0 Å². The normalized spacial score (nSPS) is 17.8. The molecule has 1 aliphatic heterocycles. The van der Waals surface area contributed by atoms with E-state index in [0.29, 0.717) is 13.2 Å². The first kappa shape index (κ1) is 17.4. The molecule has 2 aromatic rings. The number of piperazine rings is 1. The third-order valence-electron chi connectivity index (χ3n) is 4.42. The number of aliphatic hydroxyl groups excluding tert-OH is 1. The van der Waals surface area contributed by atoms with Crippen molar-refractivity contribution in [2.24, 2.45) is 0 Å². The molecule has 4 nitrogen and oxygen atoms in total. The maximum Gasteiger partial charge on any atom is 0.122 e. The van der Waals surface area contributed by atoms with E-state index in [9.17, 15) is 5.11 Å². The molecule has 3 rings (SSSR count). The van der Waals surface area contributed by atoms with E-state index >= 15 is 0 Å². The Hall–Kier alpha value is -1.40. The summed E-state index contributed by atoms with van der Waals surface area (Å²) in [5.41, 5.74) is 1.10. The van der Waals surface area contributed by atoms with E-state index in [2.05, 4.69) is 27.3 Å². The molecule has 0 aliphatic carbocycles. The van der Waals surface area contributed by atoms with E-state index in [4.69, 9.17) is 4.74 Å². The van der Waals surface area contributed by atoms with Crippen LogP contribution in [0.25, 0.3) is 0 Å². The van der Waals surface area contributed by atoms with Crippen molar-refractivity contribution >= 4 is 11.3 Å². The fourth-order valence-electron chi connectivity index (χ4n) is 3.01. The number of β-amino-alcohol motifs (C(OH)–C–C–N with tert-alkyl or cyclic N) is 1. The molecule has 5 heteroatoms. The summed E-state index contributed by atoms with van der Waals surface area (Å²) in [4.78, 5) is 6.24. The number of benzene rings is 1. The fraction of sp³-hybridized carbons (Fsp3) is 0.474. The zero-order chi connectivity index (χ0) is 16.8. The standard InChI is InChI=1S/C19H26N2O2S/c1-16-5-2-3-7-19(16)23-15-17(22)13-20-8-10-21(11-9-20)14-18-6-4-12-24-18/h2-7,12,17,22H,8-11,13-15H2,1H3/t17-/m1/s1. The summed E-state index contributed by atoms with van der Waals surface area (Å²) in [6.07, 6.45) is -0.451. The molecule has 1 N–H and O–H groups in total. The third kappa shape index (κ3) is 5.05. The molecule has 1 fully saturated rings. The van der Waals surface area contributed by atoms with Crippen LogP contribution < -0.4 is 4.74 Å². The Morgan fingerprint density at radius 3 is 2.54 bits per heavy atom. The van der Waals surface area contributed by atoms with Crippen LogP contribution in [0.5, 0.6) is 5.75 Å². The summed E-state index contributed by atoms with van der Waals surface area (Å²) < 4.78 is 5.75. The molecule has 1 aromatic heterocycles. The van der Waals surface area contributed by atoms with Crippen LogP contribution in [0.4, 0.5) is 0 Å². The number of aryl methyl sites for hydroxylation is 1. The molecule has 0 radical (unpaired) electrons. The minimum atomic E-state index is -0.451. The molecular weight excluding hydrogens is 320 g/mol. The molecule has 1 atom stereocenters. The van der Waals surface area contributed by atoms with E-state index in [1.54, 1.807) is 0 Å². The van der Waals surface area contributed by atoms with Crippen LogP contribution in [0.3, 0.4) is 0 Å². The summed E-state index contributed by atoms with van der Waals surface area (Å²) in [5.74, 6) is 0.859. The Bertz CT molecular complexity index is 610. The second-order valence-corrected chi connectivity index (χ2v) is 7.42. The highest BCUT2D eigenvalue weighted by Crippen LogP contribution is 2.17. The first-order valence-corrected chi connectivity index (χ1v) is 9.42. The van der Waals surface area contributed by atoms with E-state index in [1.807, 2.05) is 42.5 Å². The van der Waals surface area contributed by atoms with Gasteiger partial charge in [0.2, 0.25) is 0 Å². The fourth-order valence-corrected chi connectivity index (χ4v) is 3.75. The molecule has 0 saturated carbocycles. The largest absolute Gasteiger partial charge is 0.491 e. The van der Waals surface area contributed by atoms with Crippen molar-refractivity contribution in [3.05, 3.63) is 52.2 Å². The highest BCUT2D eigenvalue weighted by Gasteiger charge is 2.19. The average Bonchev–Trinajstić information content (AvgIpc) is 3.09. The Balaban J connectivity index is 1.37. The van der Waals surface area contributed by atoms with Gasteiger partial charge in [0.05, 0.1) is 0 Å². The first-order valence-electron chi connectivity index (χ1n) is 8.54. The maximum absolute atomic E-state index is 10.2. The summed E-state index contributed by atoms with van der Waals surface area (Å²) in [7, 11) is 0. The summed E-state index contributed by atoms with van der Waals surface area (Å²) in [5, 5.41) is 12.4. The van der Waals surface area contributed by atoms with Gasteiger partial charge in [0, 0.05) is 44.1 Å². The van der Waals surface area contributed by atoms with Gasteiger partial charge < -0.3 is 9.84 Å². The number of ether oxygens (including phenoxy) is 1. The Morgan fingerprint density at radius 2 is 1.83 bits per heavy atom. The van der Waals surface area contributed by atoms with Crippen molar-refractivity contribution in [2.75, 3.05) is 39.3 Å². The van der Waals surface area contributed by atoms with Crippen LogP contribution in [0.2, 0.25) is 0 Å². The lowest BCUT2D eigenvalue weighted by Gasteiger charge is -2.35. The van der Waals surface area contributed by atoms with Crippen molar-refractivity contribution in [1.29, 1.82) is 0 Å². The smallest absolute Gasteiger partial charge is 0.122 e. The van der Waals surface area contributed by atoms with Crippen molar-refractivity contribution < 1.29 is 9.84 Å². The monoisotopic (exact) mass is 346 g/mol. The SMILES string of the molecule is Cc1ccccc1OC[C@H](O)CN1CCN(Cc2cccs2)CC1. The van der Waals surface area contributed by atoms with Gasteiger partial charge in [-0.05, 0) is 30.0 Å². The van der Waals surface area contributed by atoms with Crippen LogP contribution in [0.15, 0.2) is 41.8 Å². The molecule has 0 bridgehead atoms. The van der Waals surface area contributed by atoms with E-state index in [0.717, 1.165) is 44.0 Å². The Labute approximate surface area is 148 Å². The Kier molecular flexibility index (Phi) is 6.26. The zero-order valence-electron chi connectivity index (χ0n) is 14.2. The molecule has 0 amide bonds. The summed E-state index contributed by atoms with van der Waals surface area (Å²) in [6, 6.07) is 12.2. The zero-order valence-corrected chi connectivity index (χ0v) is 15.0. The number of thiophene rings is 1. The number of hydrogen-bond donors (Lipinski definition) is 1. The first-order chi connectivity index (χ1) is 11.7. The second-order valence-electron chi connectivity index (χ2n) is 6.39. The van der Waals surface area contributed by atoms with Crippen LogP contribution in [-0.2, 0) is 6.54 Å². The van der Waals surface area contributed by atoms with Gasteiger partial charge in [0.1, 0.15) is 18.5 Å². The van der Waals surface area contributed by atoms with Crippen LogP contribution >= 0.6 is 11.3 Å². The number of para-hydroxylation sites is 1. The molecule has 1 aliphatic rings. The minimum Gasteiger partial charge on any atom is -0.491 e. The van der Waals surface area contributed by atoms with E-state index < -0.39 is 6.10 Å². The maximum atomic E-state index is 10.2. The summed E-state index contributed by atoms with van der Waals surface area (Å²) >= 11 is 1.82. The lowest BCUT2D eigenvalue weighted by atomic mass is 10.2. The van der Waals surface area contributed by atoms with Crippen molar-refractivity contribution in [1.82, 2.24) is 9.80 Å². The number of hydrogen-bond acceptors (Lipinski definition) is 5. The number of aliphatic hydroxyl groups is 1. The average molecular weight is 346 g/mol. The van der Waals surface area contributed by atoms with Crippen LogP contribution in [0.1, 0.15) is 10.4 Å². The molecule has 2 heterocycles. The van der Waals surface area contributed by atoms with E-state index in [-0.39, 0.29) is 0 Å². The molecule has 1 saturated heterocycles. The highest BCUT2D eigenvalue weighted by atomic mass is 32.1. The molecule has 0 spiro atoms. The number of rotatable bonds is 7. The quantitative estimate of drug-likeness (QED) is 0.836. The van der Waals surface area contributed by atoms with Crippen molar-refractivity contribution in [2.45, 2.75) is 19.6 Å². The van der Waals surface area contributed by atoms with Gasteiger partial charge in [-0.1, -0.05) is 24.3 Å². The van der Waals surface area contributed by atoms with Crippen molar-refractivity contribution in [3.8, 4) is 5.75 Å². The molecular formula is C19H26N2O2S. The third-order valence-corrected chi connectivity index (χ3v) is 5.28. The van der Waals surface area contributed by atoms with E-state index in [1.165, 1.54) is 4.88 Å². The number of nitrogens with zero attached hydrogens (tertiary/aromatic N) is 2. The summed E-state index contributed by atoms with van der Waals surface area (Å²) in [6.45, 7) is 8.23. The predicted molar refractivity (Wildman–Crippen MR) is 98.7 cm³/mol. The molecule has 130 valence electrons.